The van der Waals surface area contributed by atoms with Gasteiger partial charge < -0.3 is 19.2 Å². The molecule has 0 amide bonds. The number of halogens is 2. The lowest BCUT2D eigenvalue weighted by Gasteiger charge is -2.37. The van der Waals surface area contributed by atoms with Crippen LogP contribution in [0.15, 0.2) is 12.1 Å². The maximum Gasteiger partial charge on any atom is 0.387 e. The molecule has 0 aromatic heterocycles. The van der Waals surface area contributed by atoms with E-state index < -0.39 is 17.8 Å². The van der Waals surface area contributed by atoms with Gasteiger partial charge in [-0.25, -0.2) is 0 Å². The number of alkyl halides is 2. The van der Waals surface area contributed by atoms with Crippen molar-refractivity contribution in [3.05, 3.63) is 17.7 Å². The highest BCUT2D eigenvalue weighted by molar-refractivity contribution is 6.47. The Morgan fingerprint density at radius 2 is 1.81 bits per heavy atom. The molecule has 8 heteroatoms. The summed E-state index contributed by atoms with van der Waals surface area (Å²) in [6.45, 7) is 5.30. The van der Waals surface area contributed by atoms with Crippen LogP contribution in [0.3, 0.4) is 0 Å². The van der Waals surface area contributed by atoms with Gasteiger partial charge in [0.25, 0.3) is 0 Å². The number of hydrogen-bond donors (Lipinski definition) is 1. The topological polar surface area (TPSA) is 65.0 Å². The summed E-state index contributed by atoms with van der Waals surface area (Å²) in [5, 5.41) is 10.1. The fraction of sp³-hybridized carbons (Fsp3) is 0.611. The number of ketones is 1. The predicted octanol–water partition coefficient (Wildman–Crippen LogP) is 3.09. The van der Waals surface area contributed by atoms with E-state index in [-0.39, 0.29) is 29.3 Å². The van der Waals surface area contributed by atoms with Crippen LogP contribution in [0.4, 0.5) is 8.78 Å². The second-order valence-corrected chi connectivity index (χ2v) is 6.95. The van der Waals surface area contributed by atoms with Crippen molar-refractivity contribution in [1.82, 2.24) is 0 Å². The van der Waals surface area contributed by atoms with Crippen molar-refractivity contribution in [2.75, 3.05) is 7.11 Å². The Balaban J connectivity index is 3.25. The van der Waals surface area contributed by atoms with Crippen LogP contribution in [0.2, 0.25) is 0 Å². The fourth-order valence-electron chi connectivity index (χ4n) is 2.01. The Morgan fingerprint density at radius 1 is 1.23 bits per heavy atom. The van der Waals surface area contributed by atoms with Crippen molar-refractivity contribution in [3.8, 4) is 11.5 Å². The van der Waals surface area contributed by atoms with Crippen LogP contribution in [0.1, 0.15) is 57.8 Å². The molecule has 26 heavy (non-hydrogen) atoms. The number of hydrogen-bond acceptors (Lipinski definition) is 5. The molecule has 0 fully saturated rings. The first-order valence-corrected chi connectivity index (χ1v) is 8.36. The molecule has 0 aliphatic rings. The second-order valence-electron chi connectivity index (χ2n) is 6.95. The zero-order chi connectivity index (χ0) is 20.1. The van der Waals surface area contributed by atoms with Gasteiger partial charge in [0, 0.05) is 6.42 Å². The van der Waals surface area contributed by atoms with Crippen LogP contribution >= 0.6 is 0 Å². The summed E-state index contributed by atoms with van der Waals surface area (Å²) in [4.78, 5) is 12.3. The monoisotopic (exact) mass is 371 g/mol. The molecule has 1 rings (SSSR count). The summed E-state index contributed by atoms with van der Waals surface area (Å²) >= 11 is 0. The van der Waals surface area contributed by atoms with Gasteiger partial charge in [0.15, 0.2) is 5.78 Å². The molecule has 0 saturated heterocycles. The third kappa shape index (κ3) is 5.67. The van der Waals surface area contributed by atoms with Crippen LogP contribution in [0.25, 0.3) is 0 Å². The average Bonchev–Trinajstić information content (AvgIpc) is 2.50. The van der Waals surface area contributed by atoms with Gasteiger partial charge in [-0.3, -0.25) is 4.79 Å². The molecule has 0 atom stereocenters. The lowest BCUT2D eigenvalue weighted by Crippen LogP contribution is -2.49. The highest BCUT2D eigenvalue weighted by Gasteiger charge is 2.36. The van der Waals surface area contributed by atoms with E-state index in [4.69, 9.17) is 9.39 Å². The van der Waals surface area contributed by atoms with Crippen LogP contribution in [0.5, 0.6) is 11.5 Å². The molecule has 0 heterocycles. The van der Waals surface area contributed by atoms with Gasteiger partial charge in [-0.2, -0.15) is 8.78 Å². The predicted molar refractivity (Wildman–Crippen MR) is 95.7 cm³/mol. The molecule has 0 unspecified atom stereocenters. The van der Waals surface area contributed by atoms with Gasteiger partial charge in [0.2, 0.25) is 0 Å². The van der Waals surface area contributed by atoms with Gasteiger partial charge >= 0.3 is 14.1 Å². The summed E-state index contributed by atoms with van der Waals surface area (Å²) in [6.07, 6.45) is 0.744. The normalized spacial score (nSPS) is 12.2. The zero-order valence-electron chi connectivity index (χ0n) is 16.1. The Bertz CT molecular complexity index is 627. The number of carbonyl (C=O) groups excluding carboxylic acids is 1. The molecule has 0 saturated carbocycles. The van der Waals surface area contributed by atoms with Crippen molar-refractivity contribution >= 4 is 18.7 Å². The minimum Gasteiger partial charge on any atom is -0.496 e. The van der Waals surface area contributed by atoms with Gasteiger partial charge in [-0.1, -0.05) is 6.92 Å². The first kappa shape index (κ1) is 22.4. The van der Waals surface area contributed by atoms with Crippen LogP contribution in [0, 0.1) is 0 Å². The van der Waals surface area contributed by atoms with Crippen LogP contribution in [-0.2, 0) is 4.65 Å². The van der Waals surface area contributed by atoms with Crippen molar-refractivity contribution in [1.29, 1.82) is 0 Å². The Hall–Kier alpha value is -1.67. The molecule has 145 valence electrons. The number of ether oxygens (including phenoxy) is 2. The molecule has 1 aromatic carbocycles. The van der Waals surface area contributed by atoms with Crippen LogP contribution < -0.4 is 14.9 Å². The van der Waals surface area contributed by atoms with E-state index in [2.05, 4.69) is 4.74 Å². The van der Waals surface area contributed by atoms with Gasteiger partial charge in [-0.05, 0) is 51.7 Å². The zero-order valence-corrected chi connectivity index (χ0v) is 16.1. The number of benzene rings is 1. The van der Waals surface area contributed by atoms with Crippen molar-refractivity contribution in [3.63, 3.8) is 0 Å². The SMILES string of the molecule is CCCC(=O)c1c(OC)cc([B]OC(C)(C)C(C)(C)O)cc1OC(F)F. The first-order chi connectivity index (χ1) is 11.9. The maximum absolute atomic E-state index is 12.8. The summed E-state index contributed by atoms with van der Waals surface area (Å²) in [5.74, 6) is -0.490. The first-order valence-electron chi connectivity index (χ1n) is 8.36. The fourth-order valence-corrected chi connectivity index (χ4v) is 2.01. The summed E-state index contributed by atoms with van der Waals surface area (Å²) in [5.41, 5.74) is -1.75. The highest BCUT2D eigenvalue weighted by Crippen LogP contribution is 2.31. The Kier molecular flexibility index (Phi) is 7.59. The van der Waals surface area contributed by atoms with Crippen molar-refractivity contribution in [2.45, 2.75) is 65.3 Å². The third-order valence-electron chi connectivity index (χ3n) is 4.24. The molecule has 0 aliphatic carbocycles. The van der Waals surface area contributed by atoms with E-state index in [0.717, 1.165) is 0 Å². The van der Waals surface area contributed by atoms with E-state index >= 15 is 0 Å². The highest BCUT2D eigenvalue weighted by atomic mass is 19.3. The summed E-state index contributed by atoms with van der Waals surface area (Å²) < 4.78 is 41.0. The molecule has 0 bridgehead atoms. The second kappa shape index (κ2) is 8.82. The number of rotatable bonds is 10. The number of aliphatic hydroxyl groups is 1. The van der Waals surface area contributed by atoms with E-state index in [1.165, 1.54) is 26.7 Å². The molecular weight excluding hydrogens is 345 g/mol. The molecule has 1 N–H and O–H groups in total. The number of methoxy groups -OCH3 is 1. The molecule has 1 aromatic rings. The third-order valence-corrected chi connectivity index (χ3v) is 4.24. The largest absolute Gasteiger partial charge is 0.496 e. The smallest absolute Gasteiger partial charge is 0.387 e. The number of carbonyl (C=O) groups is 1. The van der Waals surface area contributed by atoms with Gasteiger partial charge in [0.1, 0.15) is 17.1 Å². The maximum atomic E-state index is 12.8. The lowest BCUT2D eigenvalue weighted by molar-refractivity contribution is -0.0893. The van der Waals surface area contributed by atoms with Crippen LogP contribution in [-0.4, -0.2) is 43.3 Å². The number of Topliss-reactive ketones (excluding diaryl/α,β-unsaturated/α-hetero) is 1. The molecule has 0 aliphatic heterocycles. The minimum atomic E-state index is -3.09. The minimum absolute atomic E-state index is 0.0199. The summed E-state index contributed by atoms with van der Waals surface area (Å²) in [7, 11) is 2.66. The van der Waals surface area contributed by atoms with E-state index in [1.54, 1.807) is 27.7 Å². The van der Waals surface area contributed by atoms with E-state index in [0.29, 0.717) is 11.9 Å². The summed E-state index contributed by atoms with van der Waals surface area (Å²) in [6, 6.07) is 2.79. The van der Waals surface area contributed by atoms with E-state index in [1.807, 2.05) is 6.92 Å². The lowest BCUT2D eigenvalue weighted by atomic mass is 9.81. The van der Waals surface area contributed by atoms with Crippen molar-refractivity contribution < 1.29 is 32.8 Å². The molecule has 1 radical (unpaired) electrons. The molecular formula is C18H26BF2O5. The quantitative estimate of drug-likeness (QED) is 0.506. The molecule has 5 nitrogen and oxygen atoms in total. The Morgan fingerprint density at radius 3 is 2.27 bits per heavy atom. The van der Waals surface area contributed by atoms with Gasteiger partial charge in [0.05, 0.1) is 18.3 Å². The van der Waals surface area contributed by atoms with Gasteiger partial charge in [-0.15, -0.1) is 0 Å². The van der Waals surface area contributed by atoms with E-state index in [9.17, 15) is 18.7 Å². The Labute approximate surface area is 153 Å². The standard InChI is InChI=1S/C18H26BF2O5/c1-7-8-12(22)15-13(24-6)9-11(10-14(15)25-16(20)21)19-26-18(4,5)17(2,3)23/h9-10,16,23H,7-8H2,1-6H3. The average molecular weight is 371 g/mol. The molecule has 0 spiro atoms. The van der Waals surface area contributed by atoms with Crippen molar-refractivity contribution in [2.24, 2.45) is 0 Å².